The number of unbranched alkanes of at least 4 members (excludes halogenated alkanes) is 5. The molecule has 0 saturated heterocycles. The van der Waals surface area contributed by atoms with Crippen molar-refractivity contribution in [1.29, 1.82) is 0 Å². The average Bonchev–Trinajstić information content (AvgIpc) is 2.42. The Morgan fingerprint density at radius 3 is 2.20 bits per heavy atom. The Kier molecular flexibility index (Phi) is 11.5. The molecule has 0 fully saturated rings. The zero-order valence-electron chi connectivity index (χ0n) is 13.6. The minimum Gasteiger partial charge on any atom is -0.393 e. The van der Waals surface area contributed by atoms with Gasteiger partial charge in [-0.3, -0.25) is 4.79 Å². The highest BCUT2D eigenvalue weighted by Crippen LogP contribution is 2.18. The fraction of sp³-hybridized carbons (Fsp3) is 0.824. The number of aliphatic hydroxyl groups is 1. The quantitative estimate of drug-likeness (QED) is 0.437. The van der Waals surface area contributed by atoms with E-state index in [2.05, 4.69) is 6.58 Å². The van der Waals surface area contributed by atoms with Crippen molar-refractivity contribution in [3.05, 3.63) is 12.7 Å². The highest BCUT2D eigenvalue weighted by Gasteiger charge is 2.26. The lowest BCUT2D eigenvalue weighted by Gasteiger charge is -2.26. The molecule has 3 heteroatoms. The van der Waals surface area contributed by atoms with Crippen LogP contribution in [-0.2, 0) is 4.79 Å². The Morgan fingerprint density at radius 1 is 1.15 bits per heavy atom. The minimum absolute atomic E-state index is 0.108. The Labute approximate surface area is 125 Å². The number of hydrogen-bond acceptors (Lipinski definition) is 2. The predicted octanol–water partition coefficient (Wildman–Crippen LogP) is 3.77. The molecule has 0 aromatic carbocycles. The first kappa shape index (κ1) is 19.2. The van der Waals surface area contributed by atoms with Gasteiger partial charge in [-0.2, -0.15) is 0 Å². The zero-order valence-corrected chi connectivity index (χ0v) is 13.6. The summed E-state index contributed by atoms with van der Waals surface area (Å²) < 4.78 is 0. The van der Waals surface area contributed by atoms with E-state index >= 15 is 0 Å². The van der Waals surface area contributed by atoms with E-state index in [0.29, 0.717) is 0 Å². The number of rotatable bonds is 12. The van der Waals surface area contributed by atoms with Gasteiger partial charge < -0.3 is 10.0 Å². The lowest BCUT2D eigenvalue weighted by molar-refractivity contribution is -0.138. The van der Waals surface area contributed by atoms with Crippen LogP contribution >= 0.6 is 0 Å². The van der Waals surface area contributed by atoms with Crippen molar-refractivity contribution < 1.29 is 9.90 Å². The van der Waals surface area contributed by atoms with Gasteiger partial charge in [0.05, 0.1) is 12.0 Å². The van der Waals surface area contributed by atoms with Gasteiger partial charge in [0, 0.05) is 13.1 Å². The summed E-state index contributed by atoms with van der Waals surface area (Å²) in [5.41, 5.74) is 0. The molecule has 2 atom stereocenters. The van der Waals surface area contributed by atoms with Crippen LogP contribution in [0.4, 0.5) is 0 Å². The van der Waals surface area contributed by atoms with Crippen LogP contribution in [0.1, 0.15) is 65.7 Å². The van der Waals surface area contributed by atoms with E-state index in [9.17, 15) is 9.90 Å². The molecule has 0 aliphatic heterocycles. The smallest absolute Gasteiger partial charge is 0.228 e. The van der Waals surface area contributed by atoms with Crippen molar-refractivity contribution in [2.45, 2.75) is 71.8 Å². The molecule has 1 N–H and O–H groups in total. The SMILES string of the molecule is C=CCCCCCCCC(C(=O)N(CC)CC)C(C)O. The van der Waals surface area contributed by atoms with Crippen molar-refractivity contribution >= 4 is 5.91 Å². The summed E-state index contributed by atoms with van der Waals surface area (Å²) in [5.74, 6) is -0.125. The van der Waals surface area contributed by atoms with E-state index in [-0.39, 0.29) is 11.8 Å². The molecule has 0 bridgehead atoms. The van der Waals surface area contributed by atoms with E-state index in [4.69, 9.17) is 0 Å². The van der Waals surface area contributed by atoms with Gasteiger partial charge in [0.1, 0.15) is 0 Å². The summed E-state index contributed by atoms with van der Waals surface area (Å²) >= 11 is 0. The maximum absolute atomic E-state index is 12.3. The maximum Gasteiger partial charge on any atom is 0.228 e. The summed E-state index contributed by atoms with van der Waals surface area (Å²) in [4.78, 5) is 14.1. The maximum atomic E-state index is 12.3. The van der Waals surface area contributed by atoms with Gasteiger partial charge in [0.25, 0.3) is 0 Å². The molecule has 0 aromatic heterocycles. The Bertz CT molecular complexity index is 260. The Morgan fingerprint density at radius 2 is 1.70 bits per heavy atom. The number of hydrogen-bond donors (Lipinski definition) is 1. The highest BCUT2D eigenvalue weighted by molar-refractivity contribution is 5.79. The third kappa shape index (κ3) is 7.68. The molecule has 0 rings (SSSR count). The number of nitrogens with zero attached hydrogens (tertiary/aromatic N) is 1. The molecular weight excluding hydrogens is 250 g/mol. The number of aliphatic hydroxyl groups excluding tert-OH is 1. The monoisotopic (exact) mass is 283 g/mol. The number of amides is 1. The molecule has 20 heavy (non-hydrogen) atoms. The van der Waals surface area contributed by atoms with Crippen LogP contribution in [0.25, 0.3) is 0 Å². The molecule has 1 amide bonds. The minimum atomic E-state index is -0.552. The number of carbonyl (C=O) groups is 1. The Hall–Kier alpha value is -0.830. The summed E-state index contributed by atoms with van der Waals surface area (Å²) in [6.07, 6.45) is 9.13. The van der Waals surface area contributed by atoms with Crippen LogP contribution in [0.5, 0.6) is 0 Å². The number of carbonyl (C=O) groups excluding carboxylic acids is 1. The first-order valence-electron chi connectivity index (χ1n) is 8.16. The van der Waals surface area contributed by atoms with Gasteiger partial charge in [-0.05, 0) is 40.0 Å². The van der Waals surface area contributed by atoms with Gasteiger partial charge in [0.15, 0.2) is 0 Å². The van der Waals surface area contributed by atoms with E-state index in [1.54, 1.807) is 6.92 Å². The molecule has 118 valence electrons. The van der Waals surface area contributed by atoms with Crippen molar-refractivity contribution in [1.82, 2.24) is 4.90 Å². The van der Waals surface area contributed by atoms with Crippen LogP contribution in [-0.4, -0.2) is 35.1 Å². The lowest BCUT2D eigenvalue weighted by Crippen LogP contribution is -2.40. The molecule has 0 heterocycles. The normalized spacial score (nSPS) is 13.8. The standard InChI is InChI=1S/C17H33NO2/c1-5-8-9-10-11-12-13-14-16(15(4)19)17(20)18(6-2)7-3/h5,15-16,19H,1,6-14H2,2-4H3. The van der Waals surface area contributed by atoms with Crippen molar-refractivity contribution in [3.63, 3.8) is 0 Å². The second-order valence-electron chi connectivity index (χ2n) is 5.49. The van der Waals surface area contributed by atoms with Crippen molar-refractivity contribution in [2.24, 2.45) is 5.92 Å². The molecular formula is C17H33NO2. The highest BCUT2D eigenvalue weighted by atomic mass is 16.3. The molecule has 0 aliphatic carbocycles. The van der Waals surface area contributed by atoms with E-state index < -0.39 is 6.10 Å². The van der Waals surface area contributed by atoms with Crippen molar-refractivity contribution in [3.8, 4) is 0 Å². The van der Waals surface area contributed by atoms with Crippen LogP contribution in [0.3, 0.4) is 0 Å². The van der Waals surface area contributed by atoms with Crippen LogP contribution < -0.4 is 0 Å². The Balaban J connectivity index is 4.03. The number of allylic oxidation sites excluding steroid dienone is 1. The summed E-state index contributed by atoms with van der Waals surface area (Å²) in [6.45, 7) is 10.9. The van der Waals surface area contributed by atoms with Gasteiger partial charge in [-0.1, -0.05) is 31.8 Å². The lowest BCUT2D eigenvalue weighted by atomic mass is 9.94. The van der Waals surface area contributed by atoms with Gasteiger partial charge in [-0.25, -0.2) is 0 Å². The molecule has 0 spiro atoms. The third-order valence-corrected chi connectivity index (χ3v) is 3.90. The molecule has 0 aliphatic rings. The predicted molar refractivity (Wildman–Crippen MR) is 85.6 cm³/mol. The molecule has 3 nitrogen and oxygen atoms in total. The van der Waals surface area contributed by atoms with Gasteiger partial charge >= 0.3 is 0 Å². The summed E-state index contributed by atoms with van der Waals surface area (Å²) in [7, 11) is 0. The van der Waals surface area contributed by atoms with Crippen LogP contribution in [0.2, 0.25) is 0 Å². The summed E-state index contributed by atoms with van der Waals surface area (Å²) in [6, 6.07) is 0. The molecule has 2 unspecified atom stereocenters. The van der Waals surface area contributed by atoms with Crippen LogP contribution in [0, 0.1) is 5.92 Å². The second-order valence-corrected chi connectivity index (χ2v) is 5.49. The third-order valence-electron chi connectivity index (χ3n) is 3.90. The van der Waals surface area contributed by atoms with Crippen molar-refractivity contribution in [2.75, 3.05) is 13.1 Å². The fourth-order valence-electron chi connectivity index (χ4n) is 2.52. The van der Waals surface area contributed by atoms with E-state index in [1.165, 1.54) is 19.3 Å². The first-order valence-corrected chi connectivity index (χ1v) is 8.16. The second kappa shape index (κ2) is 12.0. The topological polar surface area (TPSA) is 40.5 Å². The molecule has 0 radical (unpaired) electrons. The van der Waals surface area contributed by atoms with Crippen LogP contribution in [0.15, 0.2) is 12.7 Å². The van der Waals surface area contributed by atoms with E-state index in [1.807, 2.05) is 24.8 Å². The average molecular weight is 283 g/mol. The molecule has 0 saturated carbocycles. The summed E-state index contributed by atoms with van der Waals surface area (Å²) in [5, 5.41) is 9.84. The fourth-order valence-corrected chi connectivity index (χ4v) is 2.52. The van der Waals surface area contributed by atoms with E-state index in [0.717, 1.165) is 38.8 Å². The van der Waals surface area contributed by atoms with Gasteiger partial charge in [-0.15, -0.1) is 6.58 Å². The zero-order chi connectivity index (χ0) is 15.4. The first-order chi connectivity index (χ1) is 9.58. The molecule has 0 aromatic rings. The largest absolute Gasteiger partial charge is 0.393 e. The van der Waals surface area contributed by atoms with Gasteiger partial charge in [0.2, 0.25) is 5.91 Å².